The molecule has 0 unspecified atom stereocenters. The summed E-state index contributed by atoms with van der Waals surface area (Å²) in [5.41, 5.74) is 2.70. The lowest BCUT2D eigenvalue weighted by molar-refractivity contribution is -0.125. The van der Waals surface area contributed by atoms with Crippen LogP contribution in [0.4, 0.5) is 0 Å². The molecule has 3 aromatic rings. The molecule has 216 valence electrons. The second-order valence-electron chi connectivity index (χ2n) is 11.3. The predicted octanol–water partition coefficient (Wildman–Crippen LogP) is 4.51. The van der Waals surface area contributed by atoms with Crippen LogP contribution in [0.25, 0.3) is 0 Å². The number of carbonyl (C=O) groups excluding carboxylic acids is 3. The number of aliphatic hydroxyl groups is 1. The van der Waals surface area contributed by atoms with Gasteiger partial charge in [-0.15, -0.1) is 0 Å². The maximum absolute atomic E-state index is 14.1. The van der Waals surface area contributed by atoms with E-state index >= 15 is 0 Å². The summed E-state index contributed by atoms with van der Waals surface area (Å²) in [7, 11) is 1.56. The van der Waals surface area contributed by atoms with Crippen LogP contribution in [-0.2, 0) is 23.4 Å². The lowest BCUT2D eigenvalue weighted by Gasteiger charge is -2.38. The van der Waals surface area contributed by atoms with Crippen molar-refractivity contribution in [2.24, 2.45) is 0 Å². The standard InChI is InChI=1S/C30H33Cl2N5O4/c1-16-12-24-21(14-35(16)28(39)19-8-11-22(31)23(32)13-19)26-29(40)36(15-25(27(38)33-5)37(26)34-24)17(2)18-6-9-20(10-7-18)30(3,4)41/h6-11,13,16-17,25,41H,12,14-15H2,1-5H3,(H,33,38)/t16-,17+,25+/m1/s1. The number of carbonyl (C=O) groups is 3. The Bertz CT molecular complexity index is 1530. The summed E-state index contributed by atoms with van der Waals surface area (Å²) in [6, 6.07) is 10.9. The normalized spacial score (nSPS) is 19.5. The molecule has 0 bridgehead atoms. The molecule has 3 atom stereocenters. The van der Waals surface area contributed by atoms with Crippen LogP contribution in [0.2, 0.25) is 10.0 Å². The molecule has 0 saturated heterocycles. The van der Waals surface area contributed by atoms with Crippen molar-refractivity contribution in [1.82, 2.24) is 24.9 Å². The molecule has 3 heterocycles. The Labute approximate surface area is 249 Å². The third-order valence-corrected chi connectivity index (χ3v) is 8.85. The van der Waals surface area contributed by atoms with Gasteiger partial charge in [0.2, 0.25) is 5.91 Å². The molecule has 0 saturated carbocycles. The minimum absolute atomic E-state index is 0.141. The van der Waals surface area contributed by atoms with Crippen LogP contribution in [0.5, 0.6) is 0 Å². The number of amides is 3. The van der Waals surface area contributed by atoms with Crippen LogP contribution < -0.4 is 5.32 Å². The van der Waals surface area contributed by atoms with Gasteiger partial charge in [-0.05, 0) is 57.0 Å². The minimum atomic E-state index is -0.990. The molecule has 0 aliphatic carbocycles. The first-order chi connectivity index (χ1) is 19.3. The van der Waals surface area contributed by atoms with Crippen LogP contribution >= 0.6 is 23.2 Å². The number of benzene rings is 2. The lowest BCUT2D eigenvalue weighted by Crippen LogP contribution is -2.49. The Hall–Kier alpha value is -3.40. The molecule has 5 rings (SSSR count). The first-order valence-electron chi connectivity index (χ1n) is 13.5. The number of nitrogens with one attached hydrogen (secondary N) is 1. The van der Waals surface area contributed by atoms with Crippen molar-refractivity contribution in [3.8, 4) is 0 Å². The predicted molar refractivity (Wildman–Crippen MR) is 156 cm³/mol. The number of nitrogens with zero attached hydrogens (tertiary/aromatic N) is 4. The molecular weight excluding hydrogens is 565 g/mol. The highest BCUT2D eigenvalue weighted by atomic mass is 35.5. The fraction of sp³-hybridized carbons (Fsp3) is 0.400. The Morgan fingerprint density at radius 2 is 1.80 bits per heavy atom. The Balaban J connectivity index is 1.52. The van der Waals surface area contributed by atoms with E-state index in [1.165, 1.54) is 4.68 Å². The highest BCUT2D eigenvalue weighted by Crippen LogP contribution is 2.36. The molecule has 1 aromatic heterocycles. The van der Waals surface area contributed by atoms with Gasteiger partial charge in [0.05, 0.1) is 40.5 Å². The summed E-state index contributed by atoms with van der Waals surface area (Å²) < 4.78 is 1.53. The second kappa shape index (κ2) is 10.8. The summed E-state index contributed by atoms with van der Waals surface area (Å²) in [4.78, 5) is 44.1. The molecule has 2 aliphatic heterocycles. The van der Waals surface area contributed by atoms with Crippen molar-refractivity contribution in [3.05, 3.63) is 86.2 Å². The van der Waals surface area contributed by atoms with E-state index in [4.69, 9.17) is 28.3 Å². The fourth-order valence-corrected chi connectivity index (χ4v) is 5.91. The summed E-state index contributed by atoms with van der Waals surface area (Å²) in [6.07, 6.45) is 0.435. The van der Waals surface area contributed by atoms with E-state index in [9.17, 15) is 19.5 Å². The number of fused-ring (bicyclic) bond motifs is 3. The zero-order valence-corrected chi connectivity index (χ0v) is 25.1. The molecule has 2 aromatic carbocycles. The highest BCUT2D eigenvalue weighted by molar-refractivity contribution is 6.42. The molecule has 2 aliphatic rings. The monoisotopic (exact) mass is 597 g/mol. The van der Waals surface area contributed by atoms with E-state index < -0.39 is 11.6 Å². The van der Waals surface area contributed by atoms with Crippen LogP contribution in [0.15, 0.2) is 42.5 Å². The van der Waals surface area contributed by atoms with Crippen LogP contribution in [0.3, 0.4) is 0 Å². The molecule has 0 radical (unpaired) electrons. The number of likely N-dealkylation sites (N-methyl/N-ethyl adjacent to an activating group) is 1. The van der Waals surface area contributed by atoms with Gasteiger partial charge >= 0.3 is 0 Å². The topological polar surface area (TPSA) is 108 Å². The van der Waals surface area contributed by atoms with E-state index in [0.717, 1.165) is 11.1 Å². The lowest BCUT2D eigenvalue weighted by atomic mass is 9.94. The van der Waals surface area contributed by atoms with Gasteiger partial charge in [0.25, 0.3) is 11.8 Å². The zero-order chi connectivity index (χ0) is 29.8. The molecule has 0 spiro atoms. The summed E-state index contributed by atoms with van der Waals surface area (Å²) in [6.45, 7) is 7.59. The van der Waals surface area contributed by atoms with Gasteiger partial charge in [0.15, 0.2) is 0 Å². The Kier molecular flexibility index (Phi) is 7.65. The number of hydrogen-bond acceptors (Lipinski definition) is 5. The number of hydrogen-bond donors (Lipinski definition) is 2. The van der Waals surface area contributed by atoms with E-state index in [-0.39, 0.29) is 47.9 Å². The maximum Gasteiger partial charge on any atom is 0.273 e. The Morgan fingerprint density at radius 3 is 2.41 bits per heavy atom. The van der Waals surface area contributed by atoms with E-state index in [1.54, 1.807) is 48.9 Å². The van der Waals surface area contributed by atoms with Crippen molar-refractivity contribution < 1.29 is 19.5 Å². The molecular formula is C30H33Cl2N5O4. The average molecular weight is 599 g/mol. The third kappa shape index (κ3) is 5.22. The van der Waals surface area contributed by atoms with Gasteiger partial charge in [-0.2, -0.15) is 5.10 Å². The van der Waals surface area contributed by atoms with Crippen LogP contribution in [-0.4, -0.2) is 62.0 Å². The summed E-state index contributed by atoms with van der Waals surface area (Å²) in [5.74, 6) is -0.746. The zero-order valence-electron chi connectivity index (χ0n) is 23.6. The van der Waals surface area contributed by atoms with Crippen molar-refractivity contribution in [1.29, 1.82) is 0 Å². The van der Waals surface area contributed by atoms with Crippen molar-refractivity contribution >= 4 is 40.9 Å². The second-order valence-corrected chi connectivity index (χ2v) is 12.1. The van der Waals surface area contributed by atoms with Crippen molar-refractivity contribution in [3.63, 3.8) is 0 Å². The largest absolute Gasteiger partial charge is 0.386 e. The SMILES string of the molecule is CNC(=O)[C@@H]1CN([C@@H](C)c2ccc(C(C)(C)O)cc2)C(=O)c2c3c(nn21)C[C@@H](C)N(C(=O)c1ccc(Cl)c(Cl)c1)C3. The van der Waals surface area contributed by atoms with Crippen molar-refractivity contribution in [2.75, 3.05) is 13.6 Å². The van der Waals surface area contributed by atoms with Crippen LogP contribution in [0.1, 0.15) is 83.0 Å². The number of halogens is 2. The first kappa shape index (κ1) is 29.1. The maximum atomic E-state index is 14.1. The van der Waals surface area contributed by atoms with Gasteiger partial charge in [0.1, 0.15) is 11.7 Å². The van der Waals surface area contributed by atoms with Gasteiger partial charge in [-0.1, -0.05) is 47.5 Å². The molecule has 11 heteroatoms. The van der Waals surface area contributed by atoms with Crippen molar-refractivity contribution in [2.45, 2.75) is 64.4 Å². The van der Waals surface area contributed by atoms with Gasteiger partial charge in [-0.25, -0.2) is 4.68 Å². The number of rotatable bonds is 5. The van der Waals surface area contributed by atoms with Gasteiger partial charge in [0, 0.05) is 30.6 Å². The summed E-state index contributed by atoms with van der Waals surface area (Å²) in [5, 5.41) is 18.4. The molecule has 0 fully saturated rings. The van der Waals surface area contributed by atoms with Gasteiger partial charge < -0.3 is 20.2 Å². The minimum Gasteiger partial charge on any atom is -0.386 e. The molecule has 9 nitrogen and oxygen atoms in total. The van der Waals surface area contributed by atoms with E-state index in [0.29, 0.717) is 34.0 Å². The third-order valence-electron chi connectivity index (χ3n) is 8.11. The quantitative estimate of drug-likeness (QED) is 0.450. The summed E-state index contributed by atoms with van der Waals surface area (Å²) >= 11 is 12.2. The Morgan fingerprint density at radius 1 is 1.12 bits per heavy atom. The first-order valence-corrected chi connectivity index (χ1v) is 14.3. The molecule has 3 amide bonds. The fourth-order valence-electron chi connectivity index (χ4n) is 5.61. The average Bonchev–Trinajstić information content (AvgIpc) is 3.31. The highest BCUT2D eigenvalue weighted by Gasteiger charge is 2.43. The van der Waals surface area contributed by atoms with Gasteiger partial charge in [-0.3, -0.25) is 14.4 Å². The smallest absolute Gasteiger partial charge is 0.273 e. The van der Waals surface area contributed by atoms with E-state index in [1.807, 2.05) is 38.1 Å². The molecule has 41 heavy (non-hydrogen) atoms. The van der Waals surface area contributed by atoms with Crippen LogP contribution in [0, 0.1) is 0 Å². The molecule has 2 N–H and O–H groups in total. The van der Waals surface area contributed by atoms with E-state index in [2.05, 4.69) is 5.32 Å². The number of aromatic nitrogens is 2.